The molecule has 24 heavy (non-hydrogen) atoms. The number of ether oxygens (including phenoxy) is 1. The van der Waals surface area contributed by atoms with Crippen LogP contribution in [0.2, 0.25) is 5.02 Å². The van der Waals surface area contributed by atoms with E-state index in [1.807, 2.05) is 0 Å². The lowest BCUT2D eigenvalue weighted by molar-refractivity contribution is -0.129. The van der Waals surface area contributed by atoms with Gasteiger partial charge in [0.15, 0.2) is 5.60 Å². The Morgan fingerprint density at radius 3 is 2.58 bits per heavy atom. The number of carbonyl (C=O) groups is 1. The second-order valence-corrected chi connectivity index (χ2v) is 7.93. The molecule has 2 aromatic carbocycles. The predicted molar refractivity (Wildman–Crippen MR) is 92.0 cm³/mol. The third-order valence-electron chi connectivity index (χ3n) is 3.53. The number of para-hydroxylation sites is 1. The molecule has 0 saturated heterocycles. The topological polar surface area (TPSA) is 84.5 Å². The van der Waals surface area contributed by atoms with Crippen LogP contribution in [0.1, 0.15) is 13.8 Å². The molecule has 0 fully saturated rings. The van der Waals surface area contributed by atoms with Gasteiger partial charge in [0.2, 0.25) is 0 Å². The third kappa shape index (κ3) is 3.05. The maximum Gasteiger partial charge on any atom is 0.268 e. The van der Waals surface area contributed by atoms with Crippen molar-refractivity contribution >= 4 is 38.9 Å². The molecule has 2 N–H and O–H groups in total. The van der Waals surface area contributed by atoms with Crippen molar-refractivity contribution < 1.29 is 17.9 Å². The van der Waals surface area contributed by atoms with Gasteiger partial charge in [-0.15, -0.1) is 0 Å². The van der Waals surface area contributed by atoms with Crippen molar-refractivity contribution in [3.05, 3.63) is 47.5 Å². The fraction of sp³-hybridized carbons (Fsp3) is 0.188. The minimum Gasteiger partial charge on any atom is -0.476 e. The zero-order valence-corrected chi connectivity index (χ0v) is 14.5. The minimum atomic E-state index is -3.86. The summed E-state index contributed by atoms with van der Waals surface area (Å²) >= 11 is 5.85. The summed E-state index contributed by atoms with van der Waals surface area (Å²) < 4.78 is 33.2. The molecule has 0 spiro atoms. The number of rotatable bonds is 3. The molecule has 0 bridgehead atoms. The van der Waals surface area contributed by atoms with Crippen LogP contribution < -0.4 is 14.8 Å². The zero-order valence-electron chi connectivity index (χ0n) is 13.0. The molecule has 126 valence electrons. The fourth-order valence-corrected chi connectivity index (χ4v) is 3.63. The van der Waals surface area contributed by atoms with Gasteiger partial charge in [0, 0.05) is 5.02 Å². The number of sulfonamides is 1. The van der Waals surface area contributed by atoms with Crippen LogP contribution >= 0.6 is 11.6 Å². The van der Waals surface area contributed by atoms with Crippen molar-refractivity contribution in [2.24, 2.45) is 0 Å². The van der Waals surface area contributed by atoms with E-state index in [4.69, 9.17) is 16.3 Å². The van der Waals surface area contributed by atoms with Crippen LogP contribution in [-0.2, 0) is 14.8 Å². The summed E-state index contributed by atoms with van der Waals surface area (Å²) in [6, 6.07) is 10.8. The van der Waals surface area contributed by atoms with E-state index in [2.05, 4.69) is 10.0 Å². The number of halogens is 1. The summed E-state index contributed by atoms with van der Waals surface area (Å²) in [5.41, 5.74) is -0.527. The first-order valence-corrected chi connectivity index (χ1v) is 8.97. The zero-order chi connectivity index (χ0) is 17.5. The smallest absolute Gasteiger partial charge is 0.268 e. The van der Waals surface area contributed by atoms with Gasteiger partial charge in [0.05, 0.1) is 10.6 Å². The number of amides is 1. The standard InChI is InChI=1S/C16H15ClN2O4S/c1-16(2)15(20)18-14-12(7-4-8-13(14)23-16)19-24(21,22)11-6-3-5-10(17)9-11/h3-9,19H,1-2H3,(H,18,20). The highest BCUT2D eigenvalue weighted by Gasteiger charge is 2.36. The maximum absolute atomic E-state index is 12.5. The Morgan fingerprint density at radius 1 is 1.17 bits per heavy atom. The number of fused-ring (bicyclic) bond motifs is 1. The molecule has 1 amide bonds. The van der Waals surface area contributed by atoms with Crippen LogP contribution in [0.3, 0.4) is 0 Å². The van der Waals surface area contributed by atoms with E-state index in [-0.39, 0.29) is 22.2 Å². The van der Waals surface area contributed by atoms with Gasteiger partial charge in [-0.2, -0.15) is 0 Å². The van der Waals surface area contributed by atoms with Crippen molar-refractivity contribution in [3.8, 4) is 5.75 Å². The SMILES string of the molecule is CC1(C)Oc2cccc(NS(=O)(=O)c3cccc(Cl)c3)c2NC1=O. The molecule has 2 aromatic rings. The van der Waals surface area contributed by atoms with Crippen LogP contribution in [0.4, 0.5) is 11.4 Å². The summed E-state index contributed by atoms with van der Waals surface area (Å²) in [5, 5.41) is 3.00. The average molecular weight is 367 g/mol. The third-order valence-corrected chi connectivity index (χ3v) is 5.13. The number of nitrogens with one attached hydrogen (secondary N) is 2. The number of benzene rings is 2. The summed E-state index contributed by atoms with van der Waals surface area (Å²) in [4.78, 5) is 12.1. The Labute approximate surface area is 144 Å². The molecule has 1 heterocycles. The number of carbonyl (C=O) groups excluding carboxylic acids is 1. The molecule has 0 aliphatic carbocycles. The van der Waals surface area contributed by atoms with Crippen LogP contribution in [0.15, 0.2) is 47.4 Å². The molecule has 3 rings (SSSR count). The highest BCUT2D eigenvalue weighted by Crippen LogP contribution is 2.39. The first-order valence-electron chi connectivity index (χ1n) is 7.11. The van der Waals surface area contributed by atoms with E-state index in [1.54, 1.807) is 44.2 Å². The second kappa shape index (κ2) is 5.68. The van der Waals surface area contributed by atoms with Gasteiger partial charge in [-0.1, -0.05) is 23.7 Å². The van der Waals surface area contributed by atoms with Gasteiger partial charge in [0.25, 0.3) is 15.9 Å². The van der Waals surface area contributed by atoms with E-state index >= 15 is 0 Å². The van der Waals surface area contributed by atoms with Crippen molar-refractivity contribution in [2.45, 2.75) is 24.3 Å². The van der Waals surface area contributed by atoms with Gasteiger partial charge in [-0.25, -0.2) is 8.42 Å². The Kier molecular flexibility index (Phi) is 3.93. The first kappa shape index (κ1) is 16.6. The number of hydrogen-bond acceptors (Lipinski definition) is 4. The normalized spacial score (nSPS) is 15.9. The molecule has 8 heteroatoms. The lowest BCUT2D eigenvalue weighted by Gasteiger charge is -2.32. The van der Waals surface area contributed by atoms with Crippen LogP contribution in [0, 0.1) is 0 Å². The Morgan fingerprint density at radius 2 is 1.88 bits per heavy atom. The molecule has 1 aliphatic heterocycles. The molecule has 6 nitrogen and oxygen atoms in total. The lowest BCUT2D eigenvalue weighted by atomic mass is 10.1. The van der Waals surface area contributed by atoms with Crippen molar-refractivity contribution in [1.29, 1.82) is 0 Å². The van der Waals surface area contributed by atoms with E-state index < -0.39 is 15.6 Å². The molecule has 0 unspecified atom stereocenters. The van der Waals surface area contributed by atoms with Crippen LogP contribution in [-0.4, -0.2) is 19.9 Å². The first-order chi connectivity index (χ1) is 11.2. The summed E-state index contributed by atoms with van der Waals surface area (Å²) in [6.07, 6.45) is 0. The molecular weight excluding hydrogens is 352 g/mol. The summed E-state index contributed by atoms with van der Waals surface area (Å²) in [6.45, 7) is 3.27. The lowest BCUT2D eigenvalue weighted by Crippen LogP contribution is -2.45. The van der Waals surface area contributed by atoms with E-state index in [0.717, 1.165) is 0 Å². The predicted octanol–water partition coefficient (Wildman–Crippen LogP) is 3.25. The molecule has 0 aromatic heterocycles. The minimum absolute atomic E-state index is 0.0241. The van der Waals surface area contributed by atoms with Crippen LogP contribution in [0.5, 0.6) is 5.75 Å². The van der Waals surface area contributed by atoms with Crippen molar-refractivity contribution in [1.82, 2.24) is 0 Å². The van der Waals surface area contributed by atoms with Gasteiger partial charge < -0.3 is 10.1 Å². The molecule has 0 radical (unpaired) electrons. The van der Waals surface area contributed by atoms with E-state index in [0.29, 0.717) is 10.8 Å². The maximum atomic E-state index is 12.5. The molecular formula is C16H15ClN2O4S. The highest BCUT2D eigenvalue weighted by atomic mass is 35.5. The Balaban J connectivity index is 1.99. The van der Waals surface area contributed by atoms with Gasteiger partial charge in [-0.05, 0) is 44.2 Å². The molecule has 0 saturated carbocycles. The Bertz CT molecular complexity index is 925. The molecule has 0 atom stereocenters. The average Bonchev–Trinajstić information content (AvgIpc) is 2.49. The molecule has 1 aliphatic rings. The van der Waals surface area contributed by atoms with Crippen molar-refractivity contribution in [2.75, 3.05) is 10.0 Å². The fourth-order valence-electron chi connectivity index (χ4n) is 2.25. The largest absolute Gasteiger partial charge is 0.476 e. The van der Waals surface area contributed by atoms with Gasteiger partial charge in [0.1, 0.15) is 11.4 Å². The quantitative estimate of drug-likeness (QED) is 0.873. The summed E-state index contributed by atoms with van der Waals surface area (Å²) in [7, 11) is -3.86. The number of hydrogen-bond donors (Lipinski definition) is 2. The monoisotopic (exact) mass is 366 g/mol. The van der Waals surface area contributed by atoms with E-state index in [1.165, 1.54) is 12.1 Å². The van der Waals surface area contributed by atoms with Gasteiger partial charge >= 0.3 is 0 Å². The second-order valence-electron chi connectivity index (χ2n) is 5.81. The van der Waals surface area contributed by atoms with E-state index in [9.17, 15) is 13.2 Å². The van der Waals surface area contributed by atoms with Crippen molar-refractivity contribution in [3.63, 3.8) is 0 Å². The highest BCUT2D eigenvalue weighted by molar-refractivity contribution is 7.92. The number of anilines is 2. The Hall–Kier alpha value is -2.25. The van der Waals surface area contributed by atoms with Gasteiger partial charge in [-0.3, -0.25) is 9.52 Å². The summed E-state index contributed by atoms with van der Waals surface area (Å²) in [5.74, 6) is 0.0373. The van der Waals surface area contributed by atoms with Crippen LogP contribution in [0.25, 0.3) is 0 Å².